The van der Waals surface area contributed by atoms with Crippen molar-refractivity contribution in [2.45, 2.75) is 90.9 Å². The standard InChI is InChI=1S/C31H41N3O5S/c1-17-15-32-29(40-17)33-26(36)9-7-19-13-25(34-39-16-27(37)38)31(5)11-10-20-21(28(19)31)8-6-18-12-24(35)23(14-22(18)20)30(2,3)4/h12,14-15,19-21,28,35H,6-11,13,16H2,1-5H3,(H,37,38)(H,32,33,36). The highest BCUT2D eigenvalue weighted by atomic mass is 32.1. The number of carboxylic acids is 1. The van der Waals surface area contributed by atoms with Gasteiger partial charge in [-0.25, -0.2) is 9.78 Å². The van der Waals surface area contributed by atoms with E-state index in [1.807, 2.05) is 13.0 Å². The number of thiazole rings is 1. The van der Waals surface area contributed by atoms with Crippen LogP contribution < -0.4 is 5.32 Å². The molecule has 3 aliphatic rings. The molecular weight excluding hydrogens is 526 g/mol. The predicted octanol–water partition coefficient (Wildman–Crippen LogP) is 6.41. The van der Waals surface area contributed by atoms with Gasteiger partial charge >= 0.3 is 5.97 Å². The van der Waals surface area contributed by atoms with E-state index in [0.29, 0.717) is 41.5 Å². The van der Waals surface area contributed by atoms with Crippen LogP contribution in [0.15, 0.2) is 23.5 Å². The van der Waals surface area contributed by atoms with Gasteiger partial charge in [0.05, 0.1) is 5.71 Å². The zero-order chi connectivity index (χ0) is 28.8. The fraction of sp³-hybridized carbons (Fsp3) is 0.613. The topological polar surface area (TPSA) is 121 Å². The summed E-state index contributed by atoms with van der Waals surface area (Å²) >= 11 is 1.47. The van der Waals surface area contributed by atoms with Gasteiger partial charge in [-0.1, -0.05) is 38.9 Å². The molecule has 5 unspecified atom stereocenters. The molecule has 0 spiro atoms. The smallest absolute Gasteiger partial charge is 0.344 e. The number of aromatic hydroxyl groups is 1. The number of fused-ring (bicyclic) bond motifs is 5. The minimum Gasteiger partial charge on any atom is -0.508 e. The van der Waals surface area contributed by atoms with Gasteiger partial charge in [0.25, 0.3) is 0 Å². The van der Waals surface area contributed by atoms with Crippen molar-refractivity contribution in [3.63, 3.8) is 0 Å². The molecule has 0 bridgehead atoms. The van der Waals surface area contributed by atoms with E-state index in [0.717, 1.165) is 48.3 Å². The molecule has 1 amide bonds. The zero-order valence-corrected chi connectivity index (χ0v) is 24.9. The molecule has 2 saturated carbocycles. The van der Waals surface area contributed by atoms with Crippen molar-refractivity contribution in [2.24, 2.45) is 28.3 Å². The van der Waals surface area contributed by atoms with Crippen LogP contribution >= 0.6 is 11.3 Å². The lowest BCUT2D eigenvalue weighted by atomic mass is 9.53. The number of anilines is 1. The van der Waals surface area contributed by atoms with E-state index >= 15 is 0 Å². The van der Waals surface area contributed by atoms with Crippen LogP contribution in [0.5, 0.6) is 5.75 Å². The van der Waals surface area contributed by atoms with Crippen LogP contribution in [0.1, 0.15) is 93.7 Å². The summed E-state index contributed by atoms with van der Waals surface area (Å²) in [4.78, 5) is 34.6. The van der Waals surface area contributed by atoms with E-state index in [1.165, 1.54) is 22.5 Å². The Morgan fingerprint density at radius 2 is 2.05 bits per heavy atom. The lowest BCUT2D eigenvalue weighted by Crippen LogP contribution is -2.44. The molecular formula is C31H41N3O5S. The van der Waals surface area contributed by atoms with Crippen LogP contribution in [0, 0.1) is 30.1 Å². The van der Waals surface area contributed by atoms with Crippen molar-refractivity contribution >= 4 is 34.1 Å². The number of phenols is 1. The number of nitrogens with one attached hydrogen (secondary N) is 1. The first-order chi connectivity index (χ1) is 18.9. The first-order valence-corrected chi connectivity index (χ1v) is 15.2. The van der Waals surface area contributed by atoms with Gasteiger partial charge in [0.15, 0.2) is 5.13 Å². The summed E-state index contributed by atoms with van der Waals surface area (Å²) in [5.74, 6) is 0.678. The molecule has 9 heteroatoms. The van der Waals surface area contributed by atoms with Gasteiger partial charge in [0, 0.05) is 22.9 Å². The number of amides is 1. The Balaban J connectivity index is 1.42. The number of aromatic nitrogens is 1. The fourth-order valence-corrected chi connectivity index (χ4v) is 8.45. The third kappa shape index (κ3) is 5.49. The molecule has 5 atom stereocenters. The Morgan fingerprint density at radius 1 is 1.27 bits per heavy atom. The highest BCUT2D eigenvalue weighted by Crippen LogP contribution is 2.63. The maximum atomic E-state index is 12.9. The van der Waals surface area contributed by atoms with Gasteiger partial charge in [-0.05, 0) is 97.3 Å². The zero-order valence-electron chi connectivity index (χ0n) is 24.1. The highest BCUT2D eigenvalue weighted by Gasteiger charge is 2.57. The molecule has 3 N–H and O–H groups in total. The van der Waals surface area contributed by atoms with Gasteiger partial charge in [0.2, 0.25) is 12.5 Å². The number of rotatable bonds is 7. The Kier molecular flexibility index (Phi) is 7.72. The number of oxime groups is 1. The van der Waals surface area contributed by atoms with Crippen LogP contribution in [0.4, 0.5) is 5.13 Å². The molecule has 3 aliphatic carbocycles. The monoisotopic (exact) mass is 567 g/mol. The van der Waals surface area contributed by atoms with E-state index in [1.54, 1.807) is 6.20 Å². The van der Waals surface area contributed by atoms with Gasteiger partial charge < -0.3 is 20.4 Å². The Hall–Kier alpha value is -2.94. The summed E-state index contributed by atoms with van der Waals surface area (Å²) in [6.45, 7) is 10.2. The van der Waals surface area contributed by atoms with Gasteiger partial charge in [-0.3, -0.25) is 4.79 Å². The minimum atomic E-state index is -1.04. The highest BCUT2D eigenvalue weighted by molar-refractivity contribution is 7.15. The van der Waals surface area contributed by atoms with Crippen LogP contribution in [0.2, 0.25) is 0 Å². The number of hydrogen-bond donors (Lipinski definition) is 3. The van der Waals surface area contributed by atoms with E-state index < -0.39 is 12.6 Å². The first-order valence-electron chi connectivity index (χ1n) is 14.4. The molecule has 40 heavy (non-hydrogen) atoms. The van der Waals surface area contributed by atoms with E-state index in [9.17, 15) is 14.7 Å². The molecule has 216 valence electrons. The summed E-state index contributed by atoms with van der Waals surface area (Å²) < 4.78 is 0. The van der Waals surface area contributed by atoms with E-state index in [4.69, 9.17) is 9.94 Å². The maximum absolute atomic E-state index is 12.9. The predicted molar refractivity (Wildman–Crippen MR) is 156 cm³/mol. The fourth-order valence-electron chi connectivity index (χ4n) is 7.77. The summed E-state index contributed by atoms with van der Waals surface area (Å²) in [5.41, 5.74) is 4.18. The van der Waals surface area contributed by atoms with Crippen LogP contribution in [-0.4, -0.2) is 39.4 Å². The summed E-state index contributed by atoms with van der Waals surface area (Å²) in [6, 6.07) is 4.24. The first kappa shape index (κ1) is 28.6. The number of phenolic OH excluding ortho intramolecular Hbond substituents is 1. The third-order valence-corrected chi connectivity index (χ3v) is 10.3. The number of aliphatic carboxylic acids is 1. The van der Waals surface area contributed by atoms with E-state index in [2.05, 4.69) is 49.2 Å². The molecule has 0 radical (unpaired) electrons. The Bertz CT molecular complexity index is 1330. The van der Waals surface area contributed by atoms with Gasteiger partial charge in [-0.15, -0.1) is 11.3 Å². The van der Waals surface area contributed by atoms with Gasteiger partial charge in [-0.2, -0.15) is 0 Å². The average Bonchev–Trinajstić information content (AvgIpc) is 3.40. The molecule has 0 saturated heterocycles. The summed E-state index contributed by atoms with van der Waals surface area (Å²) in [6.07, 6.45) is 7.48. The second-order valence-electron chi connectivity index (χ2n) is 13.1. The minimum absolute atomic E-state index is 0.0322. The molecule has 1 heterocycles. The molecule has 5 rings (SSSR count). The number of nitrogens with zero attached hydrogens (tertiary/aromatic N) is 2. The van der Waals surface area contributed by atoms with Crippen LogP contribution in [-0.2, 0) is 26.3 Å². The van der Waals surface area contributed by atoms with E-state index in [-0.39, 0.29) is 22.7 Å². The van der Waals surface area contributed by atoms with Crippen LogP contribution in [0.25, 0.3) is 0 Å². The quantitative estimate of drug-likeness (QED) is 0.332. The Morgan fingerprint density at radius 3 is 2.73 bits per heavy atom. The van der Waals surface area contributed by atoms with Crippen molar-refractivity contribution in [2.75, 3.05) is 11.9 Å². The SMILES string of the molecule is Cc1cnc(NC(=O)CCC2CC(=NOCC(=O)O)C3(C)CCC4c5cc(C(C)(C)C)c(O)cc5CCC4C23)s1. The number of carbonyl (C=O) groups is 2. The number of carbonyl (C=O) groups excluding carboxylic acids is 1. The molecule has 0 aliphatic heterocycles. The van der Waals surface area contributed by atoms with Crippen molar-refractivity contribution in [3.8, 4) is 5.75 Å². The normalized spacial score (nSPS) is 28.5. The van der Waals surface area contributed by atoms with Crippen molar-refractivity contribution in [1.29, 1.82) is 0 Å². The summed E-state index contributed by atoms with van der Waals surface area (Å²) in [7, 11) is 0. The number of aryl methyl sites for hydroxylation is 2. The molecule has 8 nitrogen and oxygen atoms in total. The second kappa shape index (κ2) is 10.8. The van der Waals surface area contributed by atoms with Crippen molar-refractivity contribution in [3.05, 3.63) is 39.9 Å². The second-order valence-corrected chi connectivity index (χ2v) is 14.4. The molecule has 2 fully saturated rings. The lowest BCUT2D eigenvalue weighted by molar-refractivity contribution is -0.142. The average molecular weight is 568 g/mol. The van der Waals surface area contributed by atoms with Gasteiger partial charge in [0.1, 0.15) is 5.75 Å². The lowest BCUT2D eigenvalue weighted by Gasteiger charge is -2.50. The number of benzene rings is 1. The van der Waals surface area contributed by atoms with Crippen molar-refractivity contribution < 1.29 is 24.6 Å². The largest absolute Gasteiger partial charge is 0.508 e. The molecule has 2 aromatic rings. The summed E-state index contributed by atoms with van der Waals surface area (Å²) in [5, 5.41) is 27.9. The number of carboxylic acid groups (broad SMARTS) is 1. The maximum Gasteiger partial charge on any atom is 0.344 e. The molecule has 1 aromatic carbocycles. The third-order valence-electron chi connectivity index (χ3n) is 9.50. The van der Waals surface area contributed by atoms with Crippen LogP contribution in [0.3, 0.4) is 0 Å². The molecule has 1 aromatic heterocycles. The van der Waals surface area contributed by atoms with Crippen molar-refractivity contribution in [1.82, 2.24) is 4.98 Å². The Labute approximate surface area is 240 Å². The number of hydrogen-bond acceptors (Lipinski definition) is 7.